The Morgan fingerprint density at radius 2 is 1.50 bits per heavy atom. The van der Waals surface area contributed by atoms with Crippen LogP contribution in [-0.2, 0) is 0 Å². The number of alkyl halides is 3. The Bertz CT molecular complexity index is 38.5. The fourth-order valence-electron chi connectivity index (χ4n) is 0. The molecule has 0 fully saturated rings. The number of halogens is 3. The molecule has 0 nitrogen and oxygen atoms in total. The Labute approximate surface area is 37.7 Å². The highest BCUT2D eigenvalue weighted by molar-refractivity contribution is 7.99. The number of thioether (sulfide) groups is 1. The summed E-state index contributed by atoms with van der Waals surface area (Å²) in [5.41, 5.74) is -4.04. The van der Waals surface area contributed by atoms with Gasteiger partial charge in [0.05, 0.1) is 0 Å². The number of hydrogen-bond donors (Lipinski definition) is 0. The third-order valence-corrected chi connectivity index (χ3v) is 0.694. The SMILES string of the molecule is CSC(F)(F)F. The highest BCUT2D eigenvalue weighted by Crippen LogP contribution is 2.26. The predicted molar refractivity (Wildman–Crippen MR) is 19.6 cm³/mol. The van der Waals surface area contributed by atoms with Crippen molar-refractivity contribution in [2.75, 3.05) is 6.26 Å². The minimum atomic E-state index is -4.04. The first-order chi connectivity index (χ1) is 2.56. The second kappa shape index (κ2) is 1.73. The molecule has 4 heteroatoms. The highest BCUT2D eigenvalue weighted by Gasteiger charge is 2.24. The van der Waals surface area contributed by atoms with Crippen molar-refractivity contribution in [1.82, 2.24) is 0 Å². The zero-order valence-electron chi connectivity index (χ0n) is 3.04. The molecule has 0 aliphatic rings. The summed E-state index contributed by atoms with van der Waals surface area (Å²) in [5, 5.41) is 0. The molecule has 0 aliphatic heterocycles. The van der Waals surface area contributed by atoms with Crippen LogP contribution in [0.25, 0.3) is 0 Å². The summed E-state index contributed by atoms with van der Waals surface area (Å²) in [6.07, 6.45) is 1.00. The van der Waals surface area contributed by atoms with E-state index in [2.05, 4.69) is 0 Å². The summed E-state index contributed by atoms with van der Waals surface area (Å²) in [6.45, 7) is 0. The van der Waals surface area contributed by atoms with Gasteiger partial charge in [0.1, 0.15) is 0 Å². The van der Waals surface area contributed by atoms with Crippen LogP contribution < -0.4 is 0 Å². The summed E-state index contributed by atoms with van der Waals surface area (Å²) in [4.78, 5) is 0. The standard InChI is InChI=1S/C2H3F3S/c1-6-2(3,4)5/h1H3. The summed E-state index contributed by atoms with van der Waals surface area (Å²) in [6, 6.07) is 0. The Kier molecular flexibility index (Phi) is 1.77. The molecule has 0 unspecified atom stereocenters. The first kappa shape index (κ1) is 6.14. The van der Waals surface area contributed by atoms with Gasteiger partial charge in [-0.3, -0.25) is 0 Å². The predicted octanol–water partition coefficient (Wildman–Crippen LogP) is 1.87. The van der Waals surface area contributed by atoms with E-state index < -0.39 is 5.51 Å². The molecule has 0 bridgehead atoms. The van der Waals surface area contributed by atoms with Gasteiger partial charge >= 0.3 is 5.51 Å². The first-order valence-electron chi connectivity index (χ1n) is 1.18. The first-order valence-corrected chi connectivity index (χ1v) is 2.40. The quantitative estimate of drug-likeness (QED) is 0.465. The molecule has 6 heavy (non-hydrogen) atoms. The van der Waals surface area contributed by atoms with E-state index in [1.807, 2.05) is 0 Å². The largest absolute Gasteiger partial charge is 0.441 e. The van der Waals surface area contributed by atoms with Gasteiger partial charge in [0.2, 0.25) is 0 Å². The average Bonchev–Trinajstić information content (AvgIpc) is 1.35. The van der Waals surface area contributed by atoms with E-state index in [1.54, 1.807) is 0 Å². The molecule has 0 saturated heterocycles. The maximum Gasteiger partial charge on any atom is 0.441 e. The van der Waals surface area contributed by atoms with E-state index in [0.29, 0.717) is 0 Å². The van der Waals surface area contributed by atoms with Crippen LogP contribution in [0, 0.1) is 0 Å². The van der Waals surface area contributed by atoms with Crippen molar-refractivity contribution < 1.29 is 13.2 Å². The van der Waals surface area contributed by atoms with Crippen molar-refractivity contribution in [3.05, 3.63) is 0 Å². The minimum Gasteiger partial charge on any atom is -0.160 e. The molecule has 0 atom stereocenters. The fourth-order valence-corrected chi connectivity index (χ4v) is 0. The van der Waals surface area contributed by atoms with Gasteiger partial charge in [-0.15, -0.1) is 0 Å². The second-order valence-corrected chi connectivity index (χ2v) is 1.52. The van der Waals surface area contributed by atoms with Crippen molar-refractivity contribution in [2.24, 2.45) is 0 Å². The zero-order chi connectivity index (χ0) is 5.21. The van der Waals surface area contributed by atoms with Gasteiger partial charge in [0.15, 0.2) is 0 Å². The minimum absolute atomic E-state index is 0.118. The van der Waals surface area contributed by atoms with Gasteiger partial charge in [-0.25, -0.2) is 0 Å². The number of rotatable bonds is 0. The molecule has 0 spiro atoms. The lowest BCUT2D eigenvalue weighted by atomic mass is 11.6. The molecule has 0 amide bonds. The third-order valence-electron chi connectivity index (χ3n) is 0.231. The van der Waals surface area contributed by atoms with Crippen molar-refractivity contribution in [1.29, 1.82) is 0 Å². The van der Waals surface area contributed by atoms with Gasteiger partial charge < -0.3 is 0 Å². The van der Waals surface area contributed by atoms with E-state index in [4.69, 9.17) is 0 Å². The topological polar surface area (TPSA) is 0 Å². The summed E-state index contributed by atoms with van der Waals surface area (Å²) < 4.78 is 32.2. The molecule has 0 aromatic carbocycles. The summed E-state index contributed by atoms with van der Waals surface area (Å²) in [7, 11) is 0. The maximum absolute atomic E-state index is 10.7. The Hall–Kier alpha value is 0.140. The van der Waals surface area contributed by atoms with E-state index in [9.17, 15) is 13.2 Å². The zero-order valence-corrected chi connectivity index (χ0v) is 3.86. The van der Waals surface area contributed by atoms with Gasteiger partial charge in [0, 0.05) is 0 Å². The lowest BCUT2D eigenvalue weighted by Gasteiger charge is -1.95. The average molecular weight is 116 g/mol. The molecule has 0 radical (unpaired) electrons. The Morgan fingerprint density at radius 1 is 1.33 bits per heavy atom. The maximum atomic E-state index is 10.7. The van der Waals surface area contributed by atoms with Gasteiger partial charge in [-0.05, 0) is 6.26 Å². The van der Waals surface area contributed by atoms with Gasteiger partial charge in [-0.2, -0.15) is 13.2 Å². The number of hydrogen-bond acceptors (Lipinski definition) is 1. The normalized spacial score (nSPS) is 12.0. The molecular formula is C2H3F3S. The van der Waals surface area contributed by atoms with Crippen LogP contribution in [0.15, 0.2) is 0 Å². The monoisotopic (exact) mass is 116 g/mol. The molecular weight excluding hydrogens is 113 g/mol. The molecule has 0 saturated carbocycles. The third kappa shape index (κ3) is 4.14. The van der Waals surface area contributed by atoms with E-state index in [0.717, 1.165) is 6.26 Å². The Morgan fingerprint density at radius 3 is 1.50 bits per heavy atom. The van der Waals surface area contributed by atoms with Crippen molar-refractivity contribution in [2.45, 2.75) is 5.51 Å². The Balaban J connectivity index is 3.17. The molecule has 0 aromatic rings. The van der Waals surface area contributed by atoms with Crippen LogP contribution in [0.4, 0.5) is 13.2 Å². The van der Waals surface area contributed by atoms with Crippen LogP contribution in [0.1, 0.15) is 0 Å². The van der Waals surface area contributed by atoms with Gasteiger partial charge in [-0.1, -0.05) is 11.8 Å². The lowest BCUT2D eigenvalue weighted by molar-refractivity contribution is -0.0323. The molecule has 0 aliphatic carbocycles. The van der Waals surface area contributed by atoms with Crippen molar-refractivity contribution in [3.63, 3.8) is 0 Å². The summed E-state index contributed by atoms with van der Waals surface area (Å²) >= 11 is -0.118. The van der Waals surface area contributed by atoms with E-state index in [1.165, 1.54) is 0 Å². The van der Waals surface area contributed by atoms with Crippen molar-refractivity contribution in [3.8, 4) is 0 Å². The molecule has 0 heterocycles. The van der Waals surface area contributed by atoms with Gasteiger partial charge in [0.25, 0.3) is 0 Å². The van der Waals surface area contributed by atoms with Crippen LogP contribution in [0.5, 0.6) is 0 Å². The molecule has 38 valence electrons. The fraction of sp³-hybridized carbons (Fsp3) is 1.00. The molecule has 0 rings (SSSR count). The lowest BCUT2D eigenvalue weighted by Crippen LogP contribution is -1.96. The van der Waals surface area contributed by atoms with Crippen LogP contribution in [-0.4, -0.2) is 11.8 Å². The van der Waals surface area contributed by atoms with Crippen LogP contribution >= 0.6 is 11.8 Å². The van der Waals surface area contributed by atoms with Crippen LogP contribution in [0.2, 0.25) is 0 Å². The van der Waals surface area contributed by atoms with E-state index in [-0.39, 0.29) is 11.8 Å². The summed E-state index contributed by atoms with van der Waals surface area (Å²) in [5.74, 6) is 0. The van der Waals surface area contributed by atoms with Crippen molar-refractivity contribution >= 4 is 11.8 Å². The second-order valence-electron chi connectivity index (χ2n) is 0.650. The molecule has 0 aromatic heterocycles. The smallest absolute Gasteiger partial charge is 0.160 e. The van der Waals surface area contributed by atoms with E-state index >= 15 is 0 Å². The molecule has 0 N–H and O–H groups in total. The van der Waals surface area contributed by atoms with Crippen LogP contribution in [0.3, 0.4) is 0 Å². The highest BCUT2D eigenvalue weighted by atomic mass is 32.2.